The molecule has 9 heteroatoms. The first-order valence-corrected chi connectivity index (χ1v) is 11.3. The Morgan fingerprint density at radius 1 is 1.16 bits per heavy atom. The van der Waals surface area contributed by atoms with Crippen molar-refractivity contribution in [3.63, 3.8) is 0 Å². The molecule has 1 aliphatic heterocycles. The smallest absolute Gasteiger partial charge is 0.253 e. The second-order valence-electron chi connectivity index (χ2n) is 8.96. The normalized spacial score (nSPS) is 18.9. The molecule has 2 aliphatic rings. The average Bonchev–Trinajstić information content (AvgIpc) is 3.25. The molecule has 0 atom stereocenters. The van der Waals surface area contributed by atoms with Crippen molar-refractivity contribution in [1.82, 2.24) is 29.7 Å². The number of aromatic nitrogens is 5. The van der Waals surface area contributed by atoms with Gasteiger partial charge in [-0.3, -0.25) is 4.79 Å². The number of likely N-dealkylation sites (tertiary alicyclic amines) is 1. The van der Waals surface area contributed by atoms with Crippen molar-refractivity contribution in [2.75, 3.05) is 20.1 Å². The molecule has 3 aromatic heterocycles. The molecule has 6 rings (SSSR count). The maximum absolute atomic E-state index is 12.5. The molecule has 32 heavy (non-hydrogen) atoms. The van der Waals surface area contributed by atoms with Crippen LogP contribution in [0.5, 0.6) is 0 Å². The van der Waals surface area contributed by atoms with E-state index in [2.05, 4.69) is 32.2 Å². The molecule has 0 radical (unpaired) electrons. The predicted octanol–water partition coefficient (Wildman–Crippen LogP) is 3.62. The number of hydrogen-bond donors (Lipinski definition) is 1. The molecule has 1 saturated heterocycles. The third-order valence-electron chi connectivity index (χ3n) is 6.88. The van der Waals surface area contributed by atoms with Gasteiger partial charge < -0.3 is 14.3 Å². The van der Waals surface area contributed by atoms with Gasteiger partial charge in [-0.15, -0.1) is 10.2 Å². The van der Waals surface area contributed by atoms with E-state index in [1.165, 1.54) is 0 Å². The van der Waals surface area contributed by atoms with E-state index in [4.69, 9.17) is 16.0 Å². The summed E-state index contributed by atoms with van der Waals surface area (Å²) in [6.07, 6.45) is 5.59. The molecule has 164 valence electrons. The number of H-pyrrole nitrogens is 1. The van der Waals surface area contributed by atoms with E-state index in [-0.39, 0.29) is 11.0 Å². The highest BCUT2D eigenvalue weighted by Gasteiger charge is 2.50. The number of rotatable bonds is 4. The predicted molar refractivity (Wildman–Crippen MR) is 120 cm³/mol. The van der Waals surface area contributed by atoms with Crippen LogP contribution in [0, 0.1) is 0 Å². The van der Waals surface area contributed by atoms with Crippen molar-refractivity contribution in [2.24, 2.45) is 0 Å². The minimum atomic E-state index is -0.258. The molecule has 1 aromatic carbocycles. The van der Waals surface area contributed by atoms with Crippen LogP contribution in [0.15, 0.2) is 45.7 Å². The number of nitrogens with one attached hydrogen (secondary N) is 1. The summed E-state index contributed by atoms with van der Waals surface area (Å²) >= 11 is 6.05. The van der Waals surface area contributed by atoms with Crippen LogP contribution in [-0.2, 0) is 5.41 Å². The number of benzene rings is 1. The van der Waals surface area contributed by atoms with Gasteiger partial charge in [0.15, 0.2) is 0 Å². The third-order valence-corrected chi connectivity index (χ3v) is 7.13. The lowest BCUT2D eigenvalue weighted by Crippen LogP contribution is -2.30. The summed E-state index contributed by atoms with van der Waals surface area (Å²) in [5.41, 5.74) is 2.89. The summed E-state index contributed by atoms with van der Waals surface area (Å²) in [6, 6.07) is 9.46. The second kappa shape index (κ2) is 7.28. The van der Waals surface area contributed by atoms with E-state index in [0.29, 0.717) is 33.9 Å². The average molecular weight is 451 g/mol. The fourth-order valence-electron chi connectivity index (χ4n) is 4.81. The Hall–Kier alpha value is -2.97. The quantitative estimate of drug-likeness (QED) is 0.510. The molecule has 4 aromatic rings. The Balaban J connectivity index is 1.38. The lowest BCUT2D eigenvalue weighted by Gasteiger charge is -2.29. The Kier molecular flexibility index (Phi) is 4.48. The number of fused-ring (bicyclic) bond motifs is 1. The summed E-state index contributed by atoms with van der Waals surface area (Å²) in [5, 5.41) is 14.0. The molecule has 0 bridgehead atoms. The van der Waals surface area contributed by atoms with Crippen LogP contribution in [0.1, 0.15) is 48.7 Å². The summed E-state index contributed by atoms with van der Waals surface area (Å²) < 4.78 is 7.97. The van der Waals surface area contributed by atoms with Crippen molar-refractivity contribution < 1.29 is 4.42 Å². The summed E-state index contributed by atoms with van der Waals surface area (Å²) in [5.74, 6) is 1.25. The van der Waals surface area contributed by atoms with Crippen LogP contribution in [0.4, 0.5) is 0 Å². The number of nitrogens with zero attached hydrogens (tertiary/aromatic N) is 5. The van der Waals surface area contributed by atoms with Crippen LogP contribution in [0.3, 0.4) is 0 Å². The van der Waals surface area contributed by atoms with Crippen LogP contribution in [-0.4, -0.2) is 49.8 Å². The van der Waals surface area contributed by atoms with Gasteiger partial charge in [0.1, 0.15) is 11.2 Å². The highest BCUT2D eigenvalue weighted by atomic mass is 35.5. The van der Waals surface area contributed by atoms with Gasteiger partial charge >= 0.3 is 0 Å². The molecular formula is C23H23ClN6O2. The van der Waals surface area contributed by atoms with Crippen molar-refractivity contribution in [3.8, 4) is 11.5 Å². The molecule has 4 heterocycles. The Morgan fingerprint density at radius 2 is 1.91 bits per heavy atom. The van der Waals surface area contributed by atoms with E-state index in [1.54, 1.807) is 12.3 Å². The lowest BCUT2D eigenvalue weighted by molar-refractivity contribution is 0.252. The molecule has 0 spiro atoms. The minimum Gasteiger partial charge on any atom is -0.420 e. The number of aromatic amines is 1. The molecular weight excluding hydrogens is 428 g/mol. The van der Waals surface area contributed by atoms with Gasteiger partial charge in [0.2, 0.25) is 5.89 Å². The number of halogens is 1. The van der Waals surface area contributed by atoms with Crippen LogP contribution >= 0.6 is 11.6 Å². The summed E-state index contributed by atoms with van der Waals surface area (Å²) in [7, 11) is 2.12. The first-order chi connectivity index (χ1) is 15.5. The first kappa shape index (κ1) is 19.7. The van der Waals surface area contributed by atoms with Gasteiger partial charge in [-0.25, -0.2) is 4.52 Å². The van der Waals surface area contributed by atoms with E-state index in [1.807, 2.05) is 28.8 Å². The van der Waals surface area contributed by atoms with Gasteiger partial charge in [0.05, 0.1) is 17.3 Å². The van der Waals surface area contributed by atoms with Crippen LogP contribution in [0.2, 0.25) is 5.02 Å². The molecule has 0 amide bonds. The molecule has 0 unspecified atom stereocenters. The van der Waals surface area contributed by atoms with E-state index < -0.39 is 0 Å². The second-order valence-corrected chi connectivity index (χ2v) is 9.39. The van der Waals surface area contributed by atoms with Gasteiger partial charge in [-0.1, -0.05) is 23.7 Å². The zero-order valence-electron chi connectivity index (χ0n) is 17.7. The van der Waals surface area contributed by atoms with Crippen molar-refractivity contribution in [2.45, 2.75) is 37.0 Å². The van der Waals surface area contributed by atoms with Gasteiger partial charge in [0.25, 0.3) is 11.4 Å². The van der Waals surface area contributed by atoms with Crippen LogP contribution < -0.4 is 5.56 Å². The summed E-state index contributed by atoms with van der Waals surface area (Å²) in [6.45, 7) is 2.01. The maximum atomic E-state index is 12.5. The number of hydrogen-bond acceptors (Lipinski definition) is 6. The first-order valence-electron chi connectivity index (χ1n) is 10.9. The Bertz CT molecular complexity index is 1340. The molecule has 1 saturated carbocycles. The fraction of sp³-hybridized carbons (Fsp3) is 0.391. The van der Waals surface area contributed by atoms with E-state index in [0.717, 1.165) is 50.0 Å². The van der Waals surface area contributed by atoms with E-state index in [9.17, 15) is 4.79 Å². The van der Waals surface area contributed by atoms with Gasteiger partial charge in [-0.2, -0.15) is 5.10 Å². The molecule has 2 fully saturated rings. The maximum Gasteiger partial charge on any atom is 0.253 e. The van der Waals surface area contributed by atoms with E-state index >= 15 is 0 Å². The summed E-state index contributed by atoms with van der Waals surface area (Å²) in [4.78, 5) is 17.7. The number of piperidine rings is 1. The fourth-order valence-corrected chi connectivity index (χ4v) is 4.94. The zero-order valence-corrected chi connectivity index (χ0v) is 18.5. The van der Waals surface area contributed by atoms with Gasteiger partial charge in [0, 0.05) is 17.0 Å². The molecule has 8 nitrogen and oxygen atoms in total. The molecule has 1 aliphatic carbocycles. The van der Waals surface area contributed by atoms with Crippen molar-refractivity contribution in [3.05, 3.63) is 69.1 Å². The topological polar surface area (TPSA) is 92.3 Å². The van der Waals surface area contributed by atoms with Gasteiger partial charge in [-0.05, 0) is 63.5 Å². The third kappa shape index (κ3) is 3.17. The standard InChI is InChI=1S/C23H23ClN6O2/c1-29-10-6-14(7-11-29)18-12-19(31)26-20-17(13-25-30(18)20)21-27-28-22(32-21)23(8-9-23)15-2-4-16(24)5-3-15/h2-5,12-14H,6-11H2,1H3,(H,26,31). The Morgan fingerprint density at radius 3 is 2.62 bits per heavy atom. The molecule has 1 N–H and O–H groups in total. The Labute approximate surface area is 189 Å². The highest BCUT2D eigenvalue weighted by Crippen LogP contribution is 2.53. The van der Waals surface area contributed by atoms with Crippen molar-refractivity contribution >= 4 is 17.2 Å². The zero-order chi connectivity index (χ0) is 21.9. The van der Waals surface area contributed by atoms with Crippen molar-refractivity contribution in [1.29, 1.82) is 0 Å². The lowest BCUT2D eigenvalue weighted by atomic mass is 9.93. The largest absolute Gasteiger partial charge is 0.420 e. The highest BCUT2D eigenvalue weighted by molar-refractivity contribution is 6.30. The monoisotopic (exact) mass is 450 g/mol. The minimum absolute atomic E-state index is 0.146. The van der Waals surface area contributed by atoms with Crippen LogP contribution in [0.25, 0.3) is 17.1 Å². The SMILES string of the molecule is CN1CCC(c2cc(=O)[nH]c3c(-c4nnc(C5(c6ccc(Cl)cc6)CC5)o4)cnn23)CC1.